The van der Waals surface area contributed by atoms with Crippen molar-refractivity contribution in [3.8, 4) is 0 Å². The molecule has 0 unspecified atom stereocenters. The molecule has 0 spiro atoms. The van der Waals surface area contributed by atoms with Crippen LogP contribution in [0.1, 0.15) is 0 Å². The summed E-state index contributed by atoms with van der Waals surface area (Å²) in [6, 6.07) is 0. The highest BCUT2D eigenvalue weighted by molar-refractivity contribution is 7.56. The Morgan fingerprint density at radius 3 is 0.478 bits per heavy atom. The van der Waals surface area contributed by atoms with Gasteiger partial charge in [-0.3, -0.25) is 9.13 Å². The van der Waals surface area contributed by atoms with Crippen LogP contribution in [-0.2, 0) is 9.13 Å². The molecular weight excluding hydrogens is 338 g/mol. The van der Waals surface area contributed by atoms with Gasteiger partial charge in [0.2, 0.25) is 0 Å². The van der Waals surface area contributed by atoms with E-state index in [4.69, 9.17) is 0 Å². The Balaban J connectivity index is -0.000000333. The van der Waals surface area contributed by atoms with Crippen LogP contribution in [-0.4, -0.2) is 118 Å². The Kier molecular flexibility index (Phi) is 13.3. The largest absolute Gasteiger partial charge is 0.412 e. The molecule has 0 fully saturated rings. The van der Waals surface area contributed by atoms with Crippen molar-refractivity contribution < 1.29 is 14.6 Å². The number of hydrogen-bond acceptors (Lipinski definition) is 2. The molecule has 0 atom stereocenters. The van der Waals surface area contributed by atoms with Gasteiger partial charge in [-0.15, -0.1) is 0 Å². The highest BCUT2D eigenvalue weighted by Crippen LogP contribution is 2.51. The van der Waals surface area contributed by atoms with Crippen LogP contribution in [0.2, 0.25) is 0 Å². The van der Waals surface area contributed by atoms with Crippen molar-refractivity contribution in [2.24, 2.45) is 0 Å². The zero-order chi connectivity index (χ0) is 18.5. The molecule has 0 saturated carbocycles. The fourth-order valence-corrected chi connectivity index (χ4v) is 6.44. The van der Waals surface area contributed by atoms with Crippen LogP contribution in [0, 0.1) is 0 Å². The highest BCUT2D eigenvalue weighted by atomic mass is 31.2. The second-order valence-electron chi connectivity index (χ2n) is 6.11. The molecule has 9 nitrogen and oxygen atoms in total. The predicted molar refractivity (Wildman–Crippen MR) is 101 cm³/mol. The van der Waals surface area contributed by atoms with E-state index in [0.717, 1.165) is 0 Å². The summed E-state index contributed by atoms with van der Waals surface area (Å²) in [6.07, 6.45) is 0. The van der Waals surface area contributed by atoms with Gasteiger partial charge in [0.25, 0.3) is 15.2 Å². The van der Waals surface area contributed by atoms with E-state index >= 15 is 0 Å². The Bertz CT molecular complexity index is 319. The van der Waals surface area contributed by atoms with E-state index in [1.54, 1.807) is 28.0 Å². The van der Waals surface area contributed by atoms with Crippen LogP contribution >= 0.6 is 15.2 Å². The maximum atomic E-state index is 12.1. The molecule has 0 aliphatic heterocycles. The van der Waals surface area contributed by atoms with Gasteiger partial charge in [-0.1, -0.05) is 0 Å². The topological polar surface area (TPSA) is 85.1 Å². The summed E-state index contributed by atoms with van der Waals surface area (Å²) in [7, 11) is 17.0. The van der Waals surface area contributed by atoms with Gasteiger partial charge in [0.15, 0.2) is 0 Å². The first-order chi connectivity index (χ1) is 9.66. The van der Waals surface area contributed by atoms with E-state index in [9.17, 15) is 9.13 Å². The standard InChI is InChI=1S/2C6H18N3OP.H2O/c2*1-7(2)11(10,8(3)4)9(5)6;/h2*1-6H3;1H2. The minimum absolute atomic E-state index is 0. The van der Waals surface area contributed by atoms with E-state index < -0.39 is 15.2 Å². The second-order valence-corrected chi connectivity index (χ2v) is 13.0. The monoisotopic (exact) mass is 376 g/mol. The molecule has 23 heavy (non-hydrogen) atoms. The average Bonchev–Trinajstić information content (AvgIpc) is 2.35. The molecule has 0 aliphatic rings. The summed E-state index contributed by atoms with van der Waals surface area (Å²) >= 11 is 0. The summed E-state index contributed by atoms with van der Waals surface area (Å²) < 4.78 is 34.6. The molecule has 0 aliphatic carbocycles. The molecule has 0 rings (SSSR count). The first kappa shape index (κ1) is 28.0. The predicted octanol–water partition coefficient (Wildman–Crippen LogP) is 0.734. The molecule has 0 aromatic carbocycles. The third kappa shape index (κ3) is 6.90. The van der Waals surface area contributed by atoms with Crippen molar-refractivity contribution in [3.05, 3.63) is 0 Å². The summed E-state index contributed by atoms with van der Waals surface area (Å²) in [4.78, 5) is 0. The lowest BCUT2D eigenvalue weighted by Crippen LogP contribution is -2.30. The van der Waals surface area contributed by atoms with Gasteiger partial charge in [0.05, 0.1) is 0 Å². The normalized spacial score (nSPS) is 13.0. The Hall–Kier alpha value is 0.180. The SMILES string of the molecule is CN(C)P(=O)(N(C)C)N(C)C.CN(C)P(=O)(N(C)C)N(C)C.O. The number of nitrogens with zero attached hydrogens (tertiary/aromatic N) is 6. The van der Waals surface area contributed by atoms with Gasteiger partial charge in [-0.25, -0.2) is 28.0 Å². The van der Waals surface area contributed by atoms with E-state index in [-0.39, 0.29) is 5.48 Å². The van der Waals surface area contributed by atoms with Gasteiger partial charge in [0, 0.05) is 0 Å². The Labute approximate surface area is 143 Å². The van der Waals surface area contributed by atoms with Crippen molar-refractivity contribution >= 4 is 15.2 Å². The maximum Gasteiger partial charge on any atom is 0.285 e. The average molecular weight is 376 g/mol. The van der Waals surface area contributed by atoms with Crippen LogP contribution in [0.25, 0.3) is 0 Å². The maximum absolute atomic E-state index is 12.1. The summed E-state index contributed by atoms with van der Waals surface area (Å²) in [5, 5.41) is 0. The molecule has 0 aromatic heterocycles. The molecule has 11 heteroatoms. The van der Waals surface area contributed by atoms with Crippen molar-refractivity contribution in [1.29, 1.82) is 0 Å². The summed E-state index contributed by atoms with van der Waals surface area (Å²) in [6.45, 7) is 0. The zero-order valence-corrected chi connectivity index (χ0v) is 18.7. The third-order valence-electron chi connectivity index (χ3n) is 3.13. The van der Waals surface area contributed by atoms with Crippen LogP contribution < -0.4 is 0 Å². The minimum Gasteiger partial charge on any atom is -0.412 e. The Morgan fingerprint density at radius 2 is 0.478 bits per heavy atom. The zero-order valence-electron chi connectivity index (χ0n) is 16.9. The van der Waals surface area contributed by atoms with Gasteiger partial charge >= 0.3 is 0 Å². The van der Waals surface area contributed by atoms with Crippen LogP contribution in [0.4, 0.5) is 0 Å². The molecule has 2 N–H and O–H groups in total. The lowest BCUT2D eigenvalue weighted by Gasteiger charge is -2.34. The molecule has 0 aromatic rings. The van der Waals surface area contributed by atoms with Crippen LogP contribution in [0.3, 0.4) is 0 Å². The second kappa shape index (κ2) is 10.9. The fourth-order valence-electron chi connectivity index (χ4n) is 2.15. The van der Waals surface area contributed by atoms with Gasteiger partial charge < -0.3 is 5.48 Å². The summed E-state index contributed by atoms with van der Waals surface area (Å²) in [5.74, 6) is 0. The van der Waals surface area contributed by atoms with Gasteiger partial charge in [0.1, 0.15) is 0 Å². The van der Waals surface area contributed by atoms with Crippen molar-refractivity contribution in [2.45, 2.75) is 0 Å². The van der Waals surface area contributed by atoms with Crippen molar-refractivity contribution in [1.82, 2.24) is 28.0 Å². The minimum atomic E-state index is -2.44. The molecule has 144 valence electrons. The fraction of sp³-hybridized carbons (Fsp3) is 1.00. The van der Waals surface area contributed by atoms with Crippen LogP contribution in [0.15, 0.2) is 0 Å². The molecule has 0 saturated heterocycles. The van der Waals surface area contributed by atoms with Crippen molar-refractivity contribution in [3.63, 3.8) is 0 Å². The summed E-state index contributed by atoms with van der Waals surface area (Å²) in [5.41, 5.74) is 0. The molecule has 0 amide bonds. The number of hydrogen-bond donors (Lipinski definition) is 0. The van der Waals surface area contributed by atoms with E-state index in [1.807, 2.05) is 84.6 Å². The lowest BCUT2D eigenvalue weighted by atomic mass is 11.2. The highest BCUT2D eigenvalue weighted by Gasteiger charge is 2.31. The lowest BCUT2D eigenvalue weighted by molar-refractivity contribution is 0.383. The Morgan fingerprint density at radius 1 is 0.391 bits per heavy atom. The quantitative estimate of drug-likeness (QED) is 0.628. The van der Waals surface area contributed by atoms with E-state index in [1.165, 1.54) is 0 Å². The molecule has 0 bridgehead atoms. The van der Waals surface area contributed by atoms with Crippen LogP contribution in [0.5, 0.6) is 0 Å². The van der Waals surface area contributed by atoms with Crippen molar-refractivity contribution in [2.75, 3.05) is 84.6 Å². The van der Waals surface area contributed by atoms with Gasteiger partial charge in [-0.2, -0.15) is 0 Å². The first-order valence-corrected chi connectivity index (χ1v) is 10.1. The smallest absolute Gasteiger partial charge is 0.285 e. The van der Waals surface area contributed by atoms with E-state index in [0.29, 0.717) is 0 Å². The molecule has 0 radical (unpaired) electrons. The third-order valence-corrected chi connectivity index (χ3v) is 9.38. The molecule has 0 heterocycles. The molecular formula is C12H38N6O3P2. The van der Waals surface area contributed by atoms with Gasteiger partial charge in [-0.05, 0) is 84.6 Å². The first-order valence-electron chi connectivity index (χ1n) is 6.93. The number of rotatable bonds is 6. The van der Waals surface area contributed by atoms with E-state index in [2.05, 4.69) is 0 Å².